The first-order valence-corrected chi connectivity index (χ1v) is 7.16. The molecule has 0 aliphatic carbocycles. The maximum atomic E-state index is 4.49. The molecule has 3 heteroatoms. The summed E-state index contributed by atoms with van der Waals surface area (Å²) in [6.07, 6.45) is 4.03. The second-order valence-corrected chi connectivity index (χ2v) is 5.09. The third-order valence-corrected chi connectivity index (χ3v) is 3.56. The number of hydrogen-bond acceptors (Lipinski definition) is 2. The second kappa shape index (κ2) is 6.37. The van der Waals surface area contributed by atoms with Crippen molar-refractivity contribution in [1.82, 2.24) is 15.1 Å². The van der Waals surface area contributed by atoms with Gasteiger partial charge in [-0.2, -0.15) is 5.10 Å². The first-order valence-electron chi connectivity index (χ1n) is 7.16. The number of nitrogens with zero attached hydrogens (tertiary/aromatic N) is 2. The molecule has 106 valence electrons. The topological polar surface area (TPSA) is 29.9 Å². The van der Waals surface area contributed by atoms with Gasteiger partial charge in [0.15, 0.2) is 0 Å². The Labute approximate surface area is 125 Å². The first-order chi connectivity index (χ1) is 10.4. The summed E-state index contributed by atoms with van der Waals surface area (Å²) >= 11 is 0. The van der Waals surface area contributed by atoms with Crippen molar-refractivity contribution >= 4 is 0 Å². The van der Waals surface area contributed by atoms with Crippen molar-refractivity contribution < 1.29 is 0 Å². The Bertz CT molecular complexity index is 701. The van der Waals surface area contributed by atoms with Gasteiger partial charge in [0, 0.05) is 18.3 Å². The van der Waals surface area contributed by atoms with E-state index in [1.807, 2.05) is 24.0 Å². The van der Waals surface area contributed by atoms with Gasteiger partial charge in [-0.05, 0) is 23.7 Å². The van der Waals surface area contributed by atoms with E-state index in [4.69, 9.17) is 0 Å². The average Bonchev–Trinajstić information content (AvgIpc) is 2.99. The SMILES string of the molecule is CNCc1ccccc1Cn1cc(-c2ccccc2)cn1. The molecule has 0 aliphatic rings. The van der Waals surface area contributed by atoms with Gasteiger partial charge in [0.1, 0.15) is 0 Å². The van der Waals surface area contributed by atoms with Gasteiger partial charge in [0.25, 0.3) is 0 Å². The number of benzene rings is 2. The minimum absolute atomic E-state index is 0.796. The minimum Gasteiger partial charge on any atom is -0.316 e. The molecule has 3 rings (SSSR count). The Balaban J connectivity index is 1.82. The van der Waals surface area contributed by atoms with Gasteiger partial charge in [-0.15, -0.1) is 0 Å². The van der Waals surface area contributed by atoms with Crippen LogP contribution in [0.5, 0.6) is 0 Å². The molecule has 0 spiro atoms. The van der Waals surface area contributed by atoms with Gasteiger partial charge in [0.2, 0.25) is 0 Å². The molecule has 2 aromatic carbocycles. The Morgan fingerprint density at radius 2 is 1.62 bits per heavy atom. The average molecular weight is 277 g/mol. The minimum atomic E-state index is 0.796. The van der Waals surface area contributed by atoms with Crippen molar-refractivity contribution in [2.75, 3.05) is 7.05 Å². The van der Waals surface area contributed by atoms with Crippen LogP contribution >= 0.6 is 0 Å². The van der Waals surface area contributed by atoms with E-state index < -0.39 is 0 Å². The molecule has 1 heterocycles. The fourth-order valence-corrected chi connectivity index (χ4v) is 2.48. The van der Waals surface area contributed by atoms with Gasteiger partial charge in [-0.1, -0.05) is 54.6 Å². The Hall–Kier alpha value is -2.39. The molecule has 3 nitrogen and oxygen atoms in total. The van der Waals surface area contributed by atoms with E-state index in [-0.39, 0.29) is 0 Å². The summed E-state index contributed by atoms with van der Waals surface area (Å²) in [5.41, 5.74) is 4.97. The number of hydrogen-bond donors (Lipinski definition) is 1. The Morgan fingerprint density at radius 1 is 0.905 bits per heavy atom. The van der Waals surface area contributed by atoms with Crippen molar-refractivity contribution in [1.29, 1.82) is 0 Å². The first kappa shape index (κ1) is 13.6. The smallest absolute Gasteiger partial charge is 0.0662 e. The number of nitrogens with one attached hydrogen (secondary N) is 1. The predicted octanol–water partition coefficient (Wildman–Crippen LogP) is 3.32. The Morgan fingerprint density at radius 3 is 2.38 bits per heavy atom. The molecule has 0 unspecified atom stereocenters. The van der Waals surface area contributed by atoms with Crippen LogP contribution in [0.15, 0.2) is 67.0 Å². The molecule has 1 aromatic heterocycles. The predicted molar refractivity (Wildman–Crippen MR) is 86.0 cm³/mol. The van der Waals surface area contributed by atoms with Crippen molar-refractivity contribution in [3.8, 4) is 11.1 Å². The summed E-state index contributed by atoms with van der Waals surface area (Å²) in [6, 6.07) is 18.8. The summed E-state index contributed by atoms with van der Waals surface area (Å²) in [4.78, 5) is 0. The van der Waals surface area contributed by atoms with E-state index in [1.165, 1.54) is 16.7 Å². The zero-order valence-corrected chi connectivity index (χ0v) is 12.2. The Kier molecular flexibility index (Phi) is 4.12. The summed E-state index contributed by atoms with van der Waals surface area (Å²) in [5.74, 6) is 0. The molecule has 3 aromatic rings. The van der Waals surface area contributed by atoms with Crippen LogP contribution in [-0.4, -0.2) is 16.8 Å². The summed E-state index contributed by atoms with van der Waals surface area (Å²) in [5, 5.41) is 7.70. The summed E-state index contributed by atoms with van der Waals surface area (Å²) in [6.45, 7) is 1.67. The van der Waals surface area contributed by atoms with Crippen LogP contribution in [0, 0.1) is 0 Å². The normalized spacial score (nSPS) is 10.7. The number of aromatic nitrogens is 2. The molecule has 0 fully saturated rings. The quantitative estimate of drug-likeness (QED) is 0.775. The van der Waals surface area contributed by atoms with Gasteiger partial charge in [-0.25, -0.2) is 0 Å². The van der Waals surface area contributed by atoms with Crippen LogP contribution in [0.2, 0.25) is 0 Å². The monoisotopic (exact) mass is 277 g/mol. The fourth-order valence-electron chi connectivity index (χ4n) is 2.48. The molecule has 0 saturated heterocycles. The lowest BCUT2D eigenvalue weighted by Gasteiger charge is -2.09. The van der Waals surface area contributed by atoms with E-state index in [0.717, 1.165) is 18.7 Å². The van der Waals surface area contributed by atoms with Crippen LogP contribution in [0.1, 0.15) is 11.1 Å². The summed E-state index contributed by atoms with van der Waals surface area (Å²) < 4.78 is 2.00. The lowest BCUT2D eigenvalue weighted by Crippen LogP contribution is -2.10. The van der Waals surface area contributed by atoms with Crippen LogP contribution in [0.25, 0.3) is 11.1 Å². The van der Waals surface area contributed by atoms with Crippen LogP contribution < -0.4 is 5.32 Å². The number of rotatable bonds is 5. The zero-order chi connectivity index (χ0) is 14.5. The van der Waals surface area contributed by atoms with Crippen molar-refractivity contribution in [2.24, 2.45) is 0 Å². The molecule has 0 saturated carbocycles. The van der Waals surface area contributed by atoms with E-state index in [1.54, 1.807) is 0 Å². The standard InChI is InChI=1S/C18H19N3/c1-19-11-16-9-5-6-10-17(16)13-21-14-18(12-20-21)15-7-3-2-4-8-15/h2-10,12,14,19H,11,13H2,1H3. The van der Waals surface area contributed by atoms with E-state index >= 15 is 0 Å². The third-order valence-electron chi connectivity index (χ3n) is 3.56. The van der Waals surface area contributed by atoms with Crippen LogP contribution in [0.3, 0.4) is 0 Å². The fraction of sp³-hybridized carbons (Fsp3) is 0.167. The van der Waals surface area contributed by atoms with E-state index in [2.05, 4.69) is 65.1 Å². The highest BCUT2D eigenvalue weighted by Crippen LogP contribution is 2.18. The van der Waals surface area contributed by atoms with Crippen LogP contribution in [0.4, 0.5) is 0 Å². The lowest BCUT2D eigenvalue weighted by atomic mass is 10.1. The highest BCUT2D eigenvalue weighted by molar-refractivity contribution is 5.61. The highest BCUT2D eigenvalue weighted by atomic mass is 15.3. The molecule has 21 heavy (non-hydrogen) atoms. The molecule has 0 atom stereocenters. The molecule has 0 bridgehead atoms. The molecule has 0 amide bonds. The maximum absolute atomic E-state index is 4.49. The van der Waals surface area contributed by atoms with E-state index in [9.17, 15) is 0 Å². The second-order valence-electron chi connectivity index (χ2n) is 5.09. The van der Waals surface area contributed by atoms with Crippen molar-refractivity contribution in [3.63, 3.8) is 0 Å². The van der Waals surface area contributed by atoms with Crippen LogP contribution in [-0.2, 0) is 13.1 Å². The molecular weight excluding hydrogens is 258 g/mol. The third kappa shape index (κ3) is 3.20. The highest BCUT2D eigenvalue weighted by Gasteiger charge is 2.05. The van der Waals surface area contributed by atoms with Crippen molar-refractivity contribution in [2.45, 2.75) is 13.1 Å². The molecular formula is C18H19N3. The van der Waals surface area contributed by atoms with E-state index in [0.29, 0.717) is 0 Å². The van der Waals surface area contributed by atoms with Gasteiger partial charge in [0.05, 0.1) is 12.7 Å². The molecule has 0 aliphatic heterocycles. The maximum Gasteiger partial charge on any atom is 0.0662 e. The van der Waals surface area contributed by atoms with Gasteiger partial charge < -0.3 is 5.32 Å². The largest absolute Gasteiger partial charge is 0.316 e. The van der Waals surface area contributed by atoms with Gasteiger partial charge >= 0.3 is 0 Å². The summed E-state index contributed by atoms with van der Waals surface area (Å²) in [7, 11) is 1.97. The van der Waals surface area contributed by atoms with Gasteiger partial charge in [-0.3, -0.25) is 4.68 Å². The zero-order valence-electron chi connectivity index (χ0n) is 12.2. The lowest BCUT2D eigenvalue weighted by molar-refractivity contribution is 0.675. The van der Waals surface area contributed by atoms with Crippen molar-refractivity contribution in [3.05, 3.63) is 78.1 Å². The molecule has 0 radical (unpaired) electrons. The molecule has 1 N–H and O–H groups in total.